The van der Waals surface area contributed by atoms with Gasteiger partial charge in [-0.1, -0.05) is 30.3 Å². The number of hydrogen-bond donors (Lipinski definition) is 2. The highest BCUT2D eigenvalue weighted by atomic mass is 32.2. The number of nitrogens with one attached hydrogen (secondary N) is 1. The summed E-state index contributed by atoms with van der Waals surface area (Å²) in [5.74, 6) is -1.55. The van der Waals surface area contributed by atoms with Gasteiger partial charge in [-0.05, 0) is 19.4 Å². The van der Waals surface area contributed by atoms with Crippen LogP contribution in [0.4, 0.5) is 0 Å². The summed E-state index contributed by atoms with van der Waals surface area (Å²) in [7, 11) is 0. The number of fused-ring (bicyclic) bond motifs is 1. The number of thioether (sulfide) groups is 1. The van der Waals surface area contributed by atoms with Gasteiger partial charge in [0.05, 0.1) is 6.42 Å². The summed E-state index contributed by atoms with van der Waals surface area (Å²) < 4.78 is -0.578. The molecule has 122 valence electrons. The number of benzene rings is 1. The lowest BCUT2D eigenvalue weighted by molar-refractivity contribution is -0.161. The van der Waals surface area contributed by atoms with Crippen LogP contribution < -0.4 is 5.32 Å². The normalized spacial score (nSPS) is 28.0. The van der Waals surface area contributed by atoms with E-state index in [-0.39, 0.29) is 23.6 Å². The predicted molar refractivity (Wildman–Crippen MR) is 85.8 cm³/mol. The van der Waals surface area contributed by atoms with Gasteiger partial charge in [0, 0.05) is 4.75 Å². The topological polar surface area (TPSA) is 86.7 Å². The Morgan fingerprint density at radius 1 is 1.30 bits per heavy atom. The van der Waals surface area contributed by atoms with Crippen LogP contribution in [0.5, 0.6) is 0 Å². The molecule has 0 aromatic heterocycles. The second-order valence-electron chi connectivity index (χ2n) is 6.31. The summed E-state index contributed by atoms with van der Waals surface area (Å²) in [6, 6.07) is 7.78. The van der Waals surface area contributed by atoms with Gasteiger partial charge in [-0.15, -0.1) is 11.8 Å². The Kier molecular flexibility index (Phi) is 3.83. The molecule has 2 fully saturated rings. The van der Waals surface area contributed by atoms with E-state index in [0.717, 1.165) is 5.56 Å². The fourth-order valence-electron chi connectivity index (χ4n) is 3.15. The van der Waals surface area contributed by atoms with Gasteiger partial charge in [0.2, 0.25) is 11.8 Å². The molecule has 2 heterocycles. The molecule has 2 amide bonds. The number of aliphatic carboxylic acids is 1. The fraction of sp³-hybridized carbons (Fsp3) is 0.438. The Bertz CT molecular complexity index is 661. The molecule has 2 N–H and O–H groups in total. The molecule has 0 radical (unpaired) electrons. The first kappa shape index (κ1) is 15.9. The lowest BCUT2D eigenvalue weighted by Crippen LogP contribution is -2.70. The molecular formula is C16H18N2O4S. The average Bonchev–Trinajstić information content (AvgIpc) is 2.74. The van der Waals surface area contributed by atoms with Gasteiger partial charge in [-0.3, -0.25) is 9.59 Å². The van der Waals surface area contributed by atoms with E-state index >= 15 is 0 Å². The van der Waals surface area contributed by atoms with Crippen molar-refractivity contribution >= 4 is 29.5 Å². The summed E-state index contributed by atoms with van der Waals surface area (Å²) in [6.07, 6.45) is 0.202. The van der Waals surface area contributed by atoms with Gasteiger partial charge >= 0.3 is 5.97 Å². The zero-order valence-electron chi connectivity index (χ0n) is 12.9. The molecule has 2 saturated heterocycles. The standard InChI is InChI=1S/C16H18N2O4S/c1-16(2)12(15(21)22)18-13(20)11(14(18)23-16)17-10(19)8-9-6-4-3-5-7-9/h3-7,11-12,14H,8H2,1-2H3,(H,17,19)(H,21,22)/t11-,12?,14?/m0/s1. The Balaban J connectivity index is 1.66. The largest absolute Gasteiger partial charge is 0.480 e. The van der Waals surface area contributed by atoms with E-state index < -0.39 is 22.8 Å². The highest BCUT2D eigenvalue weighted by Crippen LogP contribution is 2.50. The van der Waals surface area contributed by atoms with Crippen LogP contribution in [0.2, 0.25) is 0 Å². The van der Waals surface area contributed by atoms with E-state index in [0.29, 0.717) is 0 Å². The Morgan fingerprint density at radius 2 is 1.96 bits per heavy atom. The van der Waals surface area contributed by atoms with Crippen LogP contribution >= 0.6 is 11.8 Å². The van der Waals surface area contributed by atoms with E-state index in [2.05, 4.69) is 5.32 Å². The maximum Gasteiger partial charge on any atom is 0.327 e. The van der Waals surface area contributed by atoms with Crippen molar-refractivity contribution in [1.29, 1.82) is 0 Å². The lowest BCUT2D eigenvalue weighted by atomic mass is 9.96. The van der Waals surface area contributed by atoms with Gasteiger partial charge in [-0.2, -0.15) is 0 Å². The van der Waals surface area contributed by atoms with Crippen molar-refractivity contribution < 1.29 is 19.5 Å². The Labute approximate surface area is 138 Å². The van der Waals surface area contributed by atoms with E-state index in [1.54, 1.807) is 0 Å². The first-order valence-corrected chi connectivity index (χ1v) is 8.25. The van der Waals surface area contributed by atoms with Gasteiger partial charge in [0.25, 0.3) is 0 Å². The molecule has 0 aliphatic carbocycles. The second kappa shape index (κ2) is 5.56. The van der Waals surface area contributed by atoms with Crippen molar-refractivity contribution in [2.45, 2.75) is 42.5 Å². The fourth-order valence-corrected chi connectivity index (χ4v) is 4.78. The number of amides is 2. The molecule has 3 atom stereocenters. The molecule has 0 bridgehead atoms. The smallest absolute Gasteiger partial charge is 0.327 e. The molecule has 23 heavy (non-hydrogen) atoms. The zero-order valence-corrected chi connectivity index (χ0v) is 13.7. The van der Waals surface area contributed by atoms with Gasteiger partial charge in [0.1, 0.15) is 17.5 Å². The molecule has 2 aliphatic heterocycles. The third-order valence-corrected chi connectivity index (χ3v) is 5.77. The van der Waals surface area contributed by atoms with Gasteiger partial charge in [-0.25, -0.2) is 4.79 Å². The minimum absolute atomic E-state index is 0.202. The first-order valence-electron chi connectivity index (χ1n) is 7.37. The van der Waals surface area contributed by atoms with Crippen molar-refractivity contribution in [3.63, 3.8) is 0 Å². The van der Waals surface area contributed by atoms with Crippen LogP contribution in [-0.2, 0) is 20.8 Å². The molecular weight excluding hydrogens is 316 g/mol. The molecule has 0 saturated carbocycles. The van der Waals surface area contributed by atoms with E-state index in [1.807, 2.05) is 44.2 Å². The molecule has 0 spiro atoms. The molecule has 7 heteroatoms. The predicted octanol–water partition coefficient (Wildman–Crippen LogP) is 0.861. The molecule has 1 aromatic rings. The third-order valence-electron chi connectivity index (χ3n) is 4.20. The summed E-state index contributed by atoms with van der Waals surface area (Å²) in [6.45, 7) is 3.62. The van der Waals surface area contributed by atoms with Crippen molar-refractivity contribution in [3.05, 3.63) is 35.9 Å². The highest BCUT2D eigenvalue weighted by molar-refractivity contribution is 8.01. The van der Waals surface area contributed by atoms with Crippen molar-refractivity contribution in [2.24, 2.45) is 0 Å². The highest BCUT2D eigenvalue weighted by Gasteiger charge is 2.64. The number of nitrogens with zero attached hydrogens (tertiary/aromatic N) is 1. The monoisotopic (exact) mass is 334 g/mol. The zero-order chi connectivity index (χ0) is 16.8. The van der Waals surface area contributed by atoms with Crippen molar-refractivity contribution in [1.82, 2.24) is 10.2 Å². The quantitative estimate of drug-likeness (QED) is 0.798. The summed E-state index contributed by atoms with van der Waals surface area (Å²) >= 11 is 1.42. The summed E-state index contributed by atoms with van der Waals surface area (Å²) in [4.78, 5) is 37.2. The molecule has 1 aromatic carbocycles. The van der Waals surface area contributed by atoms with Crippen LogP contribution in [0.1, 0.15) is 19.4 Å². The van der Waals surface area contributed by atoms with Crippen LogP contribution in [0.15, 0.2) is 30.3 Å². The second-order valence-corrected chi connectivity index (χ2v) is 8.08. The number of carbonyl (C=O) groups excluding carboxylic acids is 2. The SMILES string of the molecule is CC1(C)SC2[C@@H](NC(=O)Cc3ccccc3)C(=O)N2C1C(=O)O. The average molecular weight is 334 g/mol. The molecule has 2 aliphatic rings. The lowest BCUT2D eigenvalue weighted by Gasteiger charge is -2.43. The molecule has 2 unspecified atom stereocenters. The number of carboxylic acids is 1. The molecule has 6 nitrogen and oxygen atoms in total. The maximum absolute atomic E-state index is 12.3. The Hall–Kier alpha value is -2.02. The number of carboxylic acid groups (broad SMARTS) is 1. The van der Waals surface area contributed by atoms with E-state index in [9.17, 15) is 19.5 Å². The number of carbonyl (C=O) groups is 3. The summed E-state index contributed by atoms with van der Waals surface area (Å²) in [5.41, 5.74) is 0.872. The van der Waals surface area contributed by atoms with Crippen LogP contribution in [-0.4, -0.2) is 50.0 Å². The third kappa shape index (κ3) is 2.69. The molecule has 3 rings (SSSR count). The number of hydrogen-bond acceptors (Lipinski definition) is 4. The number of β-lactam (4-membered cyclic amide) rings is 1. The summed E-state index contributed by atoms with van der Waals surface area (Å²) in [5, 5.41) is 11.8. The minimum Gasteiger partial charge on any atom is -0.480 e. The van der Waals surface area contributed by atoms with Crippen LogP contribution in [0, 0.1) is 0 Å². The first-order chi connectivity index (χ1) is 10.8. The minimum atomic E-state index is -1.01. The van der Waals surface area contributed by atoms with Gasteiger partial charge < -0.3 is 15.3 Å². The van der Waals surface area contributed by atoms with Crippen LogP contribution in [0.25, 0.3) is 0 Å². The van der Waals surface area contributed by atoms with Crippen molar-refractivity contribution in [2.75, 3.05) is 0 Å². The van der Waals surface area contributed by atoms with Gasteiger partial charge in [0.15, 0.2) is 0 Å². The number of rotatable bonds is 4. The van der Waals surface area contributed by atoms with E-state index in [1.165, 1.54) is 16.7 Å². The van der Waals surface area contributed by atoms with Crippen LogP contribution in [0.3, 0.4) is 0 Å². The maximum atomic E-state index is 12.3. The van der Waals surface area contributed by atoms with E-state index in [4.69, 9.17) is 0 Å². The van der Waals surface area contributed by atoms with Crippen molar-refractivity contribution in [3.8, 4) is 0 Å². The Morgan fingerprint density at radius 3 is 2.57 bits per heavy atom.